The minimum atomic E-state index is -1.23. The molecule has 3 amide bonds. The number of carbonyl (C=O) groups excluding carboxylic acids is 3. The molecule has 0 radical (unpaired) electrons. The topological polar surface area (TPSA) is 69.7 Å². The quantitative estimate of drug-likeness (QED) is 0.639. The van der Waals surface area contributed by atoms with Gasteiger partial charge in [0.1, 0.15) is 5.54 Å². The molecule has 3 fully saturated rings. The van der Waals surface area contributed by atoms with Gasteiger partial charge in [-0.15, -0.1) is 0 Å². The highest BCUT2D eigenvalue weighted by Gasteiger charge is 2.74. The van der Waals surface area contributed by atoms with Crippen LogP contribution < -0.4 is 10.2 Å². The van der Waals surface area contributed by atoms with Crippen molar-refractivity contribution in [3.8, 4) is 0 Å². The Bertz CT molecular complexity index is 1250. The smallest absolute Gasteiger partial charge is 0.250 e. The van der Waals surface area contributed by atoms with Crippen molar-refractivity contribution >= 4 is 52.3 Å². The Morgan fingerprint density at radius 1 is 1.06 bits per heavy atom. The lowest BCUT2D eigenvalue weighted by atomic mass is 9.75. The molecule has 164 valence electrons. The number of anilines is 2. The van der Waals surface area contributed by atoms with Crippen molar-refractivity contribution in [3.05, 3.63) is 57.1 Å². The minimum Gasteiger partial charge on any atom is -0.323 e. The van der Waals surface area contributed by atoms with E-state index in [4.69, 9.17) is 23.2 Å². The van der Waals surface area contributed by atoms with Gasteiger partial charge in [-0.3, -0.25) is 19.3 Å². The summed E-state index contributed by atoms with van der Waals surface area (Å²) in [4.78, 5) is 44.8. The summed E-state index contributed by atoms with van der Waals surface area (Å²) in [6.07, 6.45) is 1.64. The Labute approximate surface area is 195 Å². The van der Waals surface area contributed by atoms with Crippen LogP contribution in [0.15, 0.2) is 30.3 Å². The van der Waals surface area contributed by atoms with Crippen molar-refractivity contribution in [1.82, 2.24) is 4.90 Å². The molecule has 32 heavy (non-hydrogen) atoms. The summed E-state index contributed by atoms with van der Waals surface area (Å²) < 4.78 is 0. The van der Waals surface area contributed by atoms with Gasteiger partial charge < -0.3 is 5.32 Å². The van der Waals surface area contributed by atoms with Gasteiger partial charge in [-0.2, -0.15) is 0 Å². The standard InChI is InChI=1S/C24H21Cl2N3O3/c1-11-8-14-20(15(26)9-11)27-23(32)24(14)19-18(16-4-3-7-28(16)24)21(30)29(22(19)31)17-10-13(25)6-5-12(17)2/h5-6,8-10,16,18-19H,3-4,7H2,1-2H3,(H,27,32)/t16-,18-,19+,24-/m1/s1. The fourth-order valence-corrected chi connectivity index (χ4v) is 6.94. The van der Waals surface area contributed by atoms with Gasteiger partial charge in [-0.05, 0) is 62.6 Å². The van der Waals surface area contributed by atoms with Gasteiger partial charge in [-0.25, -0.2) is 4.90 Å². The number of hydrogen-bond donors (Lipinski definition) is 1. The molecule has 4 atom stereocenters. The van der Waals surface area contributed by atoms with Gasteiger partial charge in [0.05, 0.1) is 28.2 Å². The number of benzene rings is 2. The lowest BCUT2D eigenvalue weighted by Crippen LogP contribution is -2.54. The summed E-state index contributed by atoms with van der Waals surface area (Å²) in [7, 11) is 0. The first-order chi connectivity index (χ1) is 15.3. The molecule has 1 spiro atoms. The Kier molecular flexibility index (Phi) is 4.15. The molecule has 6 nitrogen and oxygen atoms in total. The van der Waals surface area contributed by atoms with Crippen LogP contribution in [0.4, 0.5) is 11.4 Å². The molecule has 3 saturated heterocycles. The molecular formula is C24H21Cl2N3O3. The van der Waals surface area contributed by atoms with Crippen LogP contribution in [-0.4, -0.2) is 35.2 Å². The second-order valence-corrected chi connectivity index (χ2v) is 10.1. The van der Waals surface area contributed by atoms with E-state index in [1.54, 1.807) is 24.3 Å². The normalized spacial score (nSPS) is 30.8. The van der Waals surface area contributed by atoms with E-state index < -0.39 is 17.4 Å². The first-order valence-corrected chi connectivity index (χ1v) is 11.5. The second kappa shape index (κ2) is 6.56. The predicted octanol–water partition coefficient (Wildman–Crippen LogP) is 4.04. The lowest BCUT2D eigenvalue weighted by molar-refractivity contribution is -0.135. The van der Waals surface area contributed by atoms with Gasteiger partial charge in [-0.1, -0.05) is 35.3 Å². The van der Waals surface area contributed by atoms with E-state index in [0.717, 1.165) is 24.0 Å². The average Bonchev–Trinajstić information content (AvgIpc) is 3.43. The monoisotopic (exact) mass is 469 g/mol. The van der Waals surface area contributed by atoms with Crippen molar-refractivity contribution in [3.63, 3.8) is 0 Å². The minimum absolute atomic E-state index is 0.170. The number of aryl methyl sites for hydroxylation is 2. The third-order valence-electron chi connectivity index (χ3n) is 7.61. The molecule has 4 heterocycles. The van der Waals surface area contributed by atoms with Crippen molar-refractivity contribution in [2.45, 2.75) is 38.3 Å². The summed E-state index contributed by atoms with van der Waals surface area (Å²) in [5.74, 6) is -2.26. The molecule has 0 saturated carbocycles. The molecule has 0 aromatic heterocycles. The summed E-state index contributed by atoms with van der Waals surface area (Å²) >= 11 is 12.7. The van der Waals surface area contributed by atoms with Crippen LogP contribution in [0, 0.1) is 25.7 Å². The molecule has 2 aromatic rings. The van der Waals surface area contributed by atoms with Crippen molar-refractivity contribution in [2.75, 3.05) is 16.8 Å². The van der Waals surface area contributed by atoms with Gasteiger partial charge in [0.2, 0.25) is 11.8 Å². The van der Waals surface area contributed by atoms with E-state index >= 15 is 0 Å². The number of amides is 3. The maximum Gasteiger partial charge on any atom is 0.250 e. The SMILES string of the molecule is Cc1cc(Cl)c2c(c1)[C@]1(C(=O)N2)[C@@H]2C(=O)N(c3cc(Cl)ccc3C)C(=O)[C@@H]2[C@H]2CCCN21. The van der Waals surface area contributed by atoms with E-state index in [0.29, 0.717) is 33.5 Å². The highest BCUT2D eigenvalue weighted by molar-refractivity contribution is 6.35. The van der Waals surface area contributed by atoms with Gasteiger partial charge in [0.15, 0.2) is 0 Å². The molecule has 0 unspecified atom stereocenters. The fourth-order valence-electron chi connectivity index (χ4n) is 6.46. The molecule has 6 rings (SSSR count). The van der Waals surface area contributed by atoms with Crippen LogP contribution in [-0.2, 0) is 19.9 Å². The number of carbonyl (C=O) groups is 3. The van der Waals surface area contributed by atoms with Crippen molar-refractivity contribution < 1.29 is 14.4 Å². The van der Waals surface area contributed by atoms with Crippen LogP contribution in [0.2, 0.25) is 10.0 Å². The zero-order chi connectivity index (χ0) is 22.5. The van der Waals surface area contributed by atoms with Gasteiger partial charge >= 0.3 is 0 Å². The van der Waals surface area contributed by atoms with E-state index in [2.05, 4.69) is 10.2 Å². The van der Waals surface area contributed by atoms with E-state index in [1.807, 2.05) is 19.9 Å². The lowest BCUT2D eigenvalue weighted by Gasteiger charge is -2.37. The number of imide groups is 1. The predicted molar refractivity (Wildman–Crippen MR) is 122 cm³/mol. The molecule has 1 N–H and O–H groups in total. The third kappa shape index (κ3) is 2.28. The largest absolute Gasteiger partial charge is 0.323 e. The zero-order valence-corrected chi connectivity index (χ0v) is 19.1. The Morgan fingerprint density at radius 3 is 2.62 bits per heavy atom. The molecule has 0 aliphatic carbocycles. The number of hydrogen-bond acceptors (Lipinski definition) is 4. The highest BCUT2D eigenvalue weighted by atomic mass is 35.5. The first kappa shape index (κ1) is 20.2. The first-order valence-electron chi connectivity index (χ1n) is 10.8. The second-order valence-electron chi connectivity index (χ2n) is 9.24. The van der Waals surface area contributed by atoms with Crippen LogP contribution >= 0.6 is 23.2 Å². The van der Waals surface area contributed by atoms with E-state index in [-0.39, 0.29) is 23.8 Å². The van der Waals surface area contributed by atoms with Crippen LogP contribution in [0.25, 0.3) is 0 Å². The third-order valence-corrected chi connectivity index (χ3v) is 8.14. The van der Waals surface area contributed by atoms with E-state index in [1.165, 1.54) is 4.90 Å². The molecule has 8 heteroatoms. The van der Waals surface area contributed by atoms with Crippen LogP contribution in [0.5, 0.6) is 0 Å². The highest BCUT2D eigenvalue weighted by Crippen LogP contribution is 2.61. The van der Waals surface area contributed by atoms with Gasteiger partial charge in [0.25, 0.3) is 5.91 Å². The van der Waals surface area contributed by atoms with Crippen LogP contribution in [0.3, 0.4) is 0 Å². The fraction of sp³-hybridized carbons (Fsp3) is 0.375. The summed E-state index contributed by atoms with van der Waals surface area (Å²) in [6.45, 7) is 4.42. The summed E-state index contributed by atoms with van der Waals surface area (Å²) in [5, 5.41) is 3.84. The molecule has 2 aromatic carbocycles. The number of halogens is 2. The van der Waals surface area contributed by atoms with E-state index in [9.17, 15) is 14.4 Å². The summed E-state index contributed by atoms with van der Waals surface area (Å²) in [5.41, 5.74) is 2.20. The molecule has 0 bridgehead atoms. The summed E-state index contributed by atoms with van der Waals surface area (Å²) in [6, 6.07) is 8.75. The molecule has 4 aliphatic rings. The average molecular weight is 470 g/mol. The number of nitrogens with one attached hydrogen (secondary N) is 1. The van der Waals surface area contributed by atoms with Crippen molar-refractivity contribution in [2.24, 2.45) is 11.8 Å². The Morgan fingerprint density at radius 2 is 1.84 bits per heavy atom. The molecule has 4 aliphatic heterocycles. The maximum absolute atomic E-state index is 14.0. The van der Waals surface area contributed by atoms with Gasteiger partial charge in [0, 0.05) is 16.6 Å². The Hall–Kier alpha value is -2.41. The maximum atomic E-state index is 14.0. The number of fused-ring (bicyclic) bond motifs is 7. The zero-order valence-electron chi connectivity index (χ0n) is 17.6. The van der Waals surface area contributed by atoms with Crippen LogP contribution in [0.1, 0.15) is 29.5 Å². The molecular weight excluding hydrogens is 449 g/mol. The van der Waals surface area contributed by atoms with Crippen molar-refractivity contribution in [1.29, 1.82) is 0 Å². The Balaban J connectivity index is 1.59. The number of nitrogens with zero attached hydrogens (tertiary/aromatic N) is 2. The number of rotatable bonds is 1.